The zero-order valence-corrected chi connectivity index (χ0v) is 21.1. The molecule has 174 valence electrons. The Kier molecular flexibility index (Phi) is 11.6. The Labute approximate surface area is 203 Å². The summed E-state index contributed by atoms with van der Waals surface area (Å²) in [6.07, 6.45) is 4.94. The third kappa shape index (κ3) is 8.57. The minimum atomic E-state index is 0. The molecule has 2 aliphatic rings. The molecule has 1 aromatic rings. The van der Waals surface area contributed by atoms with Gasteiger partial charge in [0.15, 0.2) is 5.96 Å². The van der Waals surface area contributed by atoms with E-state index in [9.17, 15) is 4.79 Å². The molecule has 0 saturated carbocycles. The lowest BCUT2D eigenvalue weighted by molar-refractivity contribution is -0.121. The van der Waals surface area contributed by atoms with E-state index in [1.54, 1.807) is 7.05 Å². The van der Waals surface area contributed by atoms with Gasteiger partial charge in [0.05, 0.1) is 12.7 Å². The lowest BCUT2D eigenvalue weighted by Gasteiger charge is -2.34. The summed E-state index contributed by atoms with van der Waals surface area (Å²) in [6.45, 7) is 4.84. The van der Waals surface area contributed by atoms with Gasteiger partial charge in [0, 0.05) is 53.4 Å². The Balaban J connectivity index is 0.00000341. The van der Waals surface area contributed by atoms with Gasteiger partial charge in [0.1, 0.15) is 0 Å². The van der Waals surface area contributed by atoms with Gasteiger partial charge in [-0.15, -0.1) is 24.0 Å². The van der Waals surface area contributed by atoms with E-state index in [4.69, 9.17) is 9.47 Å². The molecule has 0 atom stereocenters. The second-order valence-electron chi connectivity index (χ2n) is 8.15. The standard InChI is InChI=1S/C23H36N4O3.HI/c1-24-22(28)15-18-6-10-27(11-7-18)23(25-2)26-16-19-4-3-5-20(14-19)17-30-21-8-12-29-13-9-21;/h3-5,14,18,21H,6-13,15-17H2,1-2H3,(H,24,28)(H,25,26);1H. The molecule has 2 heterocycles. The first-order chi connectivity index (χ1) is 14.7. The van der Waals surface area contributed by atoms with E-state index >= 15 is 0 Å². The first-order valence-corrected chi connectivity index (χ1v) is 11.1. The number of carbonyl (C=O) groups excluding carboxylic acids is 1. The average molecular weight is 544 g/mol. The summed E-state index contributed by atoms with van der Waals surface area (Å²) in [5.41, 5.74) is 2.42. The maximum absolute atomic E-state index is 11.6. The molecule has 0 unspecified atom stereocenters. The first-order valence-electron chi connectivity index (χ1n) is 11.1. The van der Waals surface area contributed by atoms with Crippen LogP contribution in [0.5, 0.6) is 0 Å². The van der Waals surface area contributed by atoms with Crippen molar-refractivity contribution >= 4 is 35.8 Å². The Morgan fingerprint density at radius 1 is 1.19 bits per heavy atom. The zero-order chi connectivity index (χ0) is 21.2. The van der Waals surface area contributed by atoms with Crippen LogP contribution in [0.25, 0.3) is 0 Å². The van der Waals surface area contributed by atoms with E-state index in [1.807, 2.05) is 7.05 Å². The lowest BCUT2D eigenvalue weighted by atomic mass is 9.93. The molecule has 3 rings (SSSR count). The fraction of sp³-hybridized carbons (Fsp3) is 0.652. The van der Waals surface area contributed by atoms with Gasteiger partial charge in [-0.1, -0.05) is 24.3 Å². The third-order valence-electron chi connectivity index (χ3n) is 5.97. The highest BCUT2D eigenvalue weighted by Crippen LogP contribution is 2.20. The number of carbonyl (C=O) groups is 1. The number of piperidine rings is 1. The minimum absolute atomic E-state index is 0. The first kappa shape index (κ1) is 25.9. The number of aliphatic imine (C=N–C) groups is 1. The third-order valence-corrected chi connectivity index (χ3v) is 5.97. The summed E-state index contributed by atoms with van der Waals surface area (Å²) in [4.78, 5) is 18.4. The van der Waals surface area contributed by atoms with E-state index in [0.29, 0.717) is 25.0 Å². The fourth-order valence-electron chi connectivity index (χ4n) is 4.11. The number of rotatable bonds is 7. The molecule has 2 N–H and O–H groups in total. The molecule has 0 spiro atoms. The number of halogens is 1. The molecule has 7 nitrogen and oxygen atoms in total. The number of benzene rings is 1. The van der Waals surface area contributed by atoms with E-state index in [0.717, 1.165) is 64.5 Å². The SMILES string of the molecule is CN=C(NCc1cccc(COC2CCOCC2)c1)N1CCC(CC(=O)NC)CC1.I. The lowest BCUT2D eigenvalue weighted by Crippen LogP contribution is -2.45. The monoisotopic (exact) mass is 544 g/mol. The summed E-state index contributed by atoms with van der Waals surface area (Å²) in [6, 6.07) is 8.55. The number of hydrogen-bond acceptors (Lipinski definition) is 4. The molecule has 0 bridgehead atoms. The topological polar surface area (TPSA) is 75.2 Å². The van der Waals surface area contributed by atoms with Gasteiger partial charge < -0.3 is 25.0 Å². The van der Waals surface area contributed by atoms with Gasteiger partial charge in [-0.3, -0.25) is 9.79 Å². The van der Waals surface area contributed by atoms with E-state index < -0.39 is 0 Å². The van der Waals surface area contributed by atoms with E-state index in [-0.39, 0.29) is 29.9 Å². The summed E-state index contributed by atoms with van der Waals surface area (Å²) in [5.74, 6) is 1.53. The van der Waals surface area contributed by atoms with Crippen molar-refractivity contribution in [2.75, 3.05) is 40.4 Å². The average Bonchev–Trinajstić information content (AvgIpc) is 2.80. The van der Waals surface area contributed by atoms with Crippen LogP contribution >= 0.6 is 24.0 Å². The number of nitrogens with one attached hydrogen (secondary N) is 2. The van der Waals surface area contributed by atoms with Crippen LogP contribution in [0.1, 0.15) is 43.2 Å². The second kappa shape index (κ2) is 13.9. The predicted molar refractivity (Wildman–Crippen MR) is 134 cm³/mol. The number of guanidine groups is 1. The van der Waals surface area contributed by atoms with Crippen molar-refractivity contribution in [1.82, 2.24) is 15.5 Å². The van der Waals surface area contributed by atoms with Crippen molar-refractivity contribution in [2.24, 2.45) is 10.9 Å². The number of likely N-dealkylation sites (tertiary alicyclic amines) is 1. The van der Waals surface area contributed by atoms with Crippen LogP contribution in [-0.4, -0.2) is 63.3 Å². The van der Waals surface area contributed by atoms with Gasteiger partial charge in [-0.2, -0.15) is 0 Å². The summed E-state index contributed by atoms with van der Waals surface area (Å²) in [7, 11) is 3.53. The fourth-order valence-corrected chi connectivity index (χ4v) is 4.11. The predicted octanol–water partition coefficient (Wildman–Crippen LogP) is 2.92. The highest BCUT2D eigenvalue weighted by atomic mass is 127. The largest absolute Gasteiger partial charge is 0.381 e. The highest BCUT2D eigenvalue weighted by Gasteiger charge is 2.23. The molecule has 0 aliphatic carbocycles. The Morgan fingerprint density at radius 3 is 2.58 bits per heavy atom. The van der Waals surface area contributed by atoms with Crippen LogP contribution in [0.3, 0.4) is 0 Å². The van der Waals surface area contributed by atoms with Crippen molar-refractivity contribution in [3.63, 3.8) is 0 Å². The Bertz CT molecular complexity index is 702. The van der Waals surface area contributed by atoms with Gasteiger partial charge in [-0.05, 0) is 42.7 Å². The van der Waals surface area contributed by atoms with Crippen molar-refractivity contribution < 1.29 is 14.3 Å². The molecule has 1 amide bonds. The van der Waals surface area contributed by atoms with Crippen LogP contribution < -0.4 is 10.6 Å². The van der Waals surface area contributed by atoms with E-state index in [1.165, 1.54) is 11.1 Å². The van der Waals surface area contributed by atoms with Crippen molar-refractivity contribution in [3.05, 3.63) is 35.4 Å². The van der Waals surface area contributed by atoms with Crippen LogP contribution in [0.15, 0.2) is 29.3 Å². The summed E-state index contributed by atoms with van der Waals surface area (Å²) in [5, 5.41) is 6.22. The molecular weight excluding hydrogens is 507 g/mol. The van der Waals surface area contributed by atoms with Crippen LogP contribution in [-0.2, 0) is 27.4 Å². The number of amides is 1. The van der Waals surface area contributed by atoms with Crippen LogP contribution in [0, 0.1) is 5.92 Å². The molecule has 31 heavy (non-hydrogen) atoms. The normalized spacial score (nSPS) is 18.4. The number of nitrogens with zero attached hydrogens (tertiary/aromatic N) is 2. The van der Waals surface area contributed by atoms with Gasteiger partial charge in [0.2, 0.25) is 5.91 Å². The molecule has 0 aromatic heterocycles. The molecule has 1 aromatic carbocycles. The van der Waals surface area contributed by atoms with Gasteiger partial charge >= 0.3 is 0 Å². The molecule has 8 heteroatoms. The van der Waals surface area contributed by atoms with Crippen molar-refractivity contribution in [3.8, 4) is 0 Å². The number of hydrogen-bond donors (Lipinski definition) is 2. The minimum Gasteiger partial charge on any atom is -0.381 e. The quantitative estimate of drug-likeness (QED) is 0.314. The second-order valence-corrected chi connectivity index (χ2v) is 8.15. The maximum atomic E-state index is 11.6. The number of ether oxygens (including phenoxy) is 2. The van der Waals surface area contributed by atoms with Crippen LogP contribution in [0.4, 0.5) is 0 Å². The van der Waals surface area contributed by atoms with Crippen molar-refractivity contribution in [2.45, 2.75) is 51.4 Å². The van der Waals surface area contributed by atoms with E-state index in [2.05, 4.69) is 44.8 Å². The Morgan fingerprint density at radius 2 is 1.90 bits per heavy atom. The van der Waals surface area contributed by atoms with Crippen LogP contribution in [0.2, 0.25) is 0 Å². The zero-order valence-electron chi connectivity index (χ0n) is 18.8. The molecule has 2 fully saturated rings. The molecular formula is C23H37IN4O3. The maximum Gasteiger partial charge on any atom is 0.220 e. The molecule has 2 saturated heterocycles. The molecule has 0 radical (unpaired) electrons. The summed E-state index contributed by atoms with van der Waals surface area (Å²) >= 11 is 0. The Hall–Kier alpha value is -1.39. The summed E-state index contributed by atoms with van der Waals surface area (Å²) < 4.78 is 11.4. The highest BCUT2D eigenvalue weighted by molar-refractivity contribution is 14.0. The van der Waals surface area contributed by atoms with Crippen molar-refractivity contribution in [1.29, 1.82) is 0 Å². The van der Waals surface area contributed by atoms with Gasteiger partial charge in [0.25, 0.3) is 0 Å². The smallest absolute Gasteiger partial charge is 0.220 e. The molecule has 2 aliphatic heterocycles. The van der Waals surface area contributed by atoms with Gasteiger partial charge in [-0.25, -0.2) is 0 Å².